The Morgan fingerprint density at radius 1 is 0.892 bits per heavy atom. The molecule has 6 heteroatoms. The number of rotatable bonds is 5. The summed E-state index contributed by atoms with van der Waals surface area (Å²) in [4.78, 5) is 31.5. The Bertz CT molecular complexity index is 1700. The van der Waals surface area contributed by atoms with Crippen LogP contribution in [0.5, 0.6) is 0 Å². The monoisotopic (exact) mass is 490 g/mol. The maximum Gasteiger partial charge on any atom is 0.295 e. The van der Waals surface area contributed by atoms with Crippen molar-refractivity contribution in [1.29, 1.82) is 0 Å². The molecule has 2 N–H and O–H groups in total. The third kappa shape index (κ3) is 3.96. The molecule has 182 valence electrons. The third-order valence-electron chi connectivity index (χ3n) is 7.03. The quantitative estimate of drug-likeness (QED) is 0.177. The number of nitrogens with zero attached hydrogens (tertiary/aromatic N) is 1. The lowest BCUT2D eigenvalue weighted by molar-refractivity contribution is -0.139. The number of aromatic amines is 1. The van der Waals surface area contributed by atoms with Gasteiger partial charge in [-0.05, 0) is 47.0 Å². The smallest absolute Gasteiger partial charge is 0.295 e. The van der Waals surface area contributed by atoms with Crippen LogP contribution in [0.3, 0.4) is 0 Å². The Morgan fingerprint density at radius 3 is 2.43 bits per heavy atom. The van der Waals surface area contributed by atoms with Crippen LogP contribution in [-0.4, -0.2) is 33.2 Å². The Morgan fingerprint density at radius 2 is 1.62 bits per heavy atom. The van der Waals surface area contributed by atoms with Crippen LogP contribution in [0.4, 0.5) is 4.39 Å². The predicted octanol–water partition coefficient (Wildman–Crippen LogP) is 6.12. The Labute approximate surface area is 212 Å². The second-order valence-electron chi connectivity index (χ2n) is 9.22. The van der Waals surface area contributed by atoms with E-state index in [1.54, 1.807) is 24.4 Å². The van der Waals surface area contributed by atoms with Crippen molar-refractivity contribution in [1.82, 2.24) is 9.88 Å². The molecule has 1 aliphatic heterocycles. The maximum atomic E-state index is 13.4. The van der Waals surface area contributed by atoms with Gasteiger partial charge in [-0.1, -0.05) is 66.7 Å². The number of para-hydroxylation sites is 1. The number of amides is 1. The van der Waals surface area contributed by atoms with Gasteiger partial charge in [0.1, 0.15) is 11.6 Å². The first kappa shape index (κ1) is 22.7. The normalized spacial score (nSPS) is 17.2. The molecule has 0 aliphatic carbocycles. The van der Waals surface area contributed by atoms with E-state index < -0.39 is 17.7 Å². The van der Waals surface area contributed by atoms with E-state index in [4.69, 9.17) is 0 Å². The number of likely N-dealkylation sites (tertiary alicyclic amines) is 1. The van der Waals surface area contributed by atoms with Crippen molar-refractivity contribution in [2.24, 2.45) is 0 Å². The largest absolute Gasteiger partial charge is 0.507 e. The molecule has 5 aromatic rings. The predicted molar refractivity (Wildman–Crippen MR) is 141 cm³/mol. The average molecular weight is 491 g/mol. The summed E-state index contributed by atoms with van der Waals surface area (Å²) in [5.74, 6) is -1.93. The first-order valence-electron chi connectivity index (χ1n) is 12.1. The van der Waals surface area contributed by atoms with Gasteiger partial charge in [0.05, 0.1) is 11.6 Å². The van der Waals surface area contributed by atoms with E-state index in [1.165, 1.54) is 17.0 Å². The van der Waals surface area contributed by atoms with Crippen LogP contribution in [0.2, 0.25) is 0 Å². The minimum absolute atomic E-state index is 0.0594. The summed E-state index contributed by atoms with van der Waals surface area (Å²) in [6.07, 6.45) is 2.22. The van der Waals surface area contributed by atoms with Crippen molar-refractivity contribution in [2.45, 2.75) is 12.5 Å². The summed E-state index contributed by atoms with van der Waals surface area (Å²) >= 11 is 0. The molecule has 0 saturated carbocycles. The zero-order chi connectivity index (χ0) is 25.5. The minimum Gasteiger partial charge on any atom is -0.507 e. The minimum atomic E-state index is -0.775. The van der Waals surface area contributed by atoms with Crippen LogP contribution in [0, 0.1) is 5.82 Å². The van der Waals surface area contributed by atoms with Crippen LogP contribution >= 0.6 is 0 Å². The molecule has 1 amide bonds. The molecule has 1 unspecified atom stereocenters. The van der Waals surface area contributed by atoms with Gasteiger partial charge in [-0.25, -0.2) is 4.39 Å². The Kier molecular flexibility index (Phi) is 5.57. The number of carbonyl (C=O) groups is 2. The zero-order valence-corrected chi connectivity index (χ0v) is 19.8. The van der Waals surface area contributed by atoms with Gasteiger partial charge in [0.2, 0.25) is 0 Å². The van der Waals surface area contributed by atoms with E-state index in [0.29, 0.717) is 12.0 Å². The van der Waals surface area contributed by atoms with E-state index in [-0.39, 0.29) is 23.7 Å². The number of fused-ring (bicyclic) bond motifs is 2. The molecule has 4 aromatic carbocycles. The van der Waals surface area contributed by atoms with Crippen LogP contribution in [0.15, 0.2) is 103 Å². The van der Waals surface area contributed by atoms with Crippen LogP contribution in [0.25, 0.3) is 27.4 Å². The zero-order valence-electron chi connectivity index (χ0n) is 19.8. The van der Waals surface area contributed by atoms with Gasteiger partial charge >= 0.3 is 0 Å². The molecule has 2 heterocycles. The molecule has 0 bridgehead atoms. The van der Waals surface area contributed by atoms with Gasteiger partial charge in [0.15, 0.2) is 0 Å². The lowest BCUT2D eigenvalue weighted by Crippen LogP contribution is -2.31. The van der Waals surface area contributed by atoms with Crippen LogP contribution in [0.1, 0.15) is 22.7 Å². The number of H-pyrrole nitrogens is 1. The Hall–Kier alpha value is -4.71. The summed E-state index contributed by atoms with van der Waals surface area (Å²) in [5, 5.41) is 14.3. The van der Waals surface area contributed by atoms with E-state index >= 15 is 0 Å². The molecular formula is C31H23FN2O3. The van der Waals surface area contributed by atoms with Crippen molar-refractivity contribution in [3.8, 4) is 0 Å². The second-order valence-corrected chi connectivity index (χ2v) is 9.22. The summed E-state index contributed by atoms with van der Waals surface area (Å²) < 4.78 is 13.4. The molecule has 1 saturated heterocycles. The lowest BCUT2D eigenvalue weighted by Gasteiger charge is -2.25. The third-order valence-corrected chi connectivity index (χ3v) is 7.03. The molecule has 1 atom stereocenters. The first-order valence-corrected chi connectivity index (χ1v) is 12.1. The van der Waals surface area contributed by atoms with Crippen LogP contribution < -0.4 is 0 Å². The number of aliphatic hydroxyl groups is 1. The number of hydrogen-bond donors (Lipinski definition) is 2. The van der Waals surface area contributed by atoms with E-state index in [9.17, 15) is 19.1 Å². The van der Waals surface area contributed by atoms with Gasteiger partial charge in [0, 0.05) is 34.8 Å². The molecule has 0 radical (unpaired) electrons. The molecule has 1 aromatic heterocycles. The number of ketones is 1. The molecule has 0 spiro atoms. The molecular weight excluding hydrogens is 467 g/mol. The molecule has 37 heavy (non-hydrogen) atoms. The van der Waals surface area contributed by atoms with Gasteiger partial charge in [-0.2, -0.15) is 0 Å². The number of hydrogen-bond acceptors (Lipinski definition) is 3. The summed E-state index contributed by atoms with van der Waals surface area (Å²) in [5.41, 5.74) is 2.98. The fraction of sp³-hybridized carbons (Fsp3) is 0.0968. The summed E-state index contributed by atoms with van der Waals surface area (Å²) in [7, 11) is 0. The number of aliphatic hydroxyl groups excluding tert-OH is 1. The van der Waals surface area contributed by atoms with Gasteiger partial charge in [0.25, 0.3) is 11.7 Å². The number of carbonyl (C=O) groups excluding carboxylic acids is 2. The molecule has 1 fully saturated rings. The summed E-state index contributed by atoms with van der Waals surface area (Å²) in [6.45, 7) is 0.231. The van der Waals surface area contributed by atoms with Gasteiger partial charge in [-0.3, -0.25) is 9.59 Å². The topological polar surface area (TPSA) is 73.4 Å². The number of Topliss-reactive ketones (excluding diaryl/α,β-unsaturated/α-hetero) is 1. The standard InChI is InChI=1S/C31H23FN2O3/c32-23-13-9-19(10-14-23)15-16-34-28(25-18-33-26-8-4-3-7-24(25)26)27(30(36)31(34)37)29(35)22-12-11-20-5-1-2-6-21(20)17-22/h1-14,17-18,28,33,35H,15-16H2/b29-27+. The van der Waals surface area contributed by atoms with Crippen molar-refractivity contribution in [3.63, 3.8) is 0 Å². The Balaban J connectivity index is 1.48. The SMILES string of the molecule is O=C1C(=O)N(CCc2ccc(F)cc2)C(c2c[nH]c3ccccc23)/C1=C(\O)c1ccc2ccccc2c1. The highest BCUT2D eigenvalue weighted by molar-refractivity contribution is 6.46. The highest BCUT2D eigenvalue weighted by Crippen LogP contribution is 2.42. The molecule has 1 aliphatic rings. The number of halogens is 1. The molecule has 5 nitrogen and oxygen atoms in total. The van der Waals surface area contributed by atoms with Crippen molar-refractivity contribution < 1.29 is 19.1 Å². The van der Waals surface area contributed by atoms with Crippen molar-refractivity contribution in [3.05, 3.63) is 125 Å². The molecule has 6 rings (SSSR count). The van der Waals surface area contributed by atoms with Crippen molar-refractivity contribution >= 4 is 39.1 Å². The van der Waals surface area contributed by atoms with Gasteiger partial charge < -0.3 is 15.0 Å². The average Bonchev–Trinajstić information content (AvgIpc) is 3.46. The summed E-state index contributed by atoms with van der Waals surface area (Å²) in [6, 6.07) is 26.2. The van der Waals surface area contributed by atoms with E-state index in [1.807, 2.05) is 60.7 Å². The number of benzene rings is 4. The first-order chi connectivity index (χ1) is 18.0. The van der Waals surface area contributed by atoms with Crippen molar-refractivity contribution in [2.75, 3.05) is 6.54 Å². The van der Waals surface area contributed by atoms with E-state index in [2.05, 4.69) is 4.98 Å². The fourth-order valence-electron chi connectivity index (χ4n) is 5.15. The fourth-order valence-corrected chi connectivity index (χ4v) is 5.15. The van der Waals surface area contributed by atoms with Crippen LogP contribution in [-0.2, 0) is 16.0 Å². The maximum absolute atomic E-state index is 13.4. The highest BCUT2D eigenvalue weighted by atomic mass is 19.1. The number of aromatic nitrogens is 1. The highest BCUT2D eigenvalue weighted by Gasteiger charge is 2.46. The number of nitrogens with one attached hydrogen (secondary N) is 1. The lowest BCUT2D eigenvalue weighted by atomic mass is 9.94. The second kappa shape index (κ2) is 9.06. The van der Waals surface area contributed by atoms with E-state index in [0.717, 1.165) is 32.8 Å². The van der Waals surface area contributed by atoms with Gasteiger partial charge in [-0.15, -0.1) is 0 Å².